The first-order valence-corrected chi connectivity index (χ1v) is 13.1. The van der Waals surface area contributed by atoms with Crippen LogP contribution in [-0.2, 0) is 23.9 Å². The molecule has 0 aliphatic carbocycles. The van der Waals surface area contributed by atoms with Crippen LogP contribution in [0, 0.1) is 11.8 Å². The van der Waals surface area contributed by atoms with Crippen LogP contribution in [0.3, 0.4) is 0 Å². The molecule has 1 unspecified atom stereocenters. The van der Waals surface area contributed by atoms with Crippen molar-refractivity contribution < 1.29 is 29.0 Å². The van der Waals surface area contributed by atoms with Crippen LogP contribution in [0.15, 0.2) is 43.0 Å². The number of carbonyl (C=O) groups is 3. The summed E-state index contributed by atoms with van der Waals surface area (Å²) >= 11 is 0. The lowest BCUT2D eigenvalue weighted by atomic mass is 9.70. The highest BCUT2D eigenvalue weighted by Crippen LogP contribution is 2.60. The molecule has 3 heterocycles. The molecule has 0 radical (unpaired) electrons. The number of aliphatic hydroxyl groups is 1. The Morgan fingerprint density at radius 2 is 2.06 bits per heavy atom. The molecule has 3 fully saturated rings. The highest BCUT2D eigenvalue weighted by atomic mass is 16.6. The molecule has 1 N–H and O–H groups in total. The van der Waals surface area contributed by atoms with Gasteiger partial charge in [0.25, 0.3) is 0 Å². The van der Waals surface area contributed by atoms with Gasteiger partial charge in [0.05, 0.1) is 37.2 Å². The molecule has 1 spiro atoms. The summed E-state index contributed by atoms with van der Waals surface area (Å²) in [7, 11) is 0. The van der Waals surface area contributed by atoms with E-state index in [0.29, 0.717) is 19.4 Å². The van der Waals surface area contributed by atoms with Crippen molar-refractivity contribution in [1.82, 2.24) is 9.80 Å². The van der Waals surface area contributed by atoms with E-state index in [4.69, 9.17) is 9.47 Å². The van der Waals surface area contributed by atoms with E-state index in [-0.39, 0.29) is 31.1 Å². The SMILES string of the molecule is C=CCN(C(=O)[C@H]1N([C@H](CO)c2ccccc2)C(=O)[C@@H]2[C@@H](C(=O)OCC)[C@H]3CC[C@]21O3)C(C)CCC. The van der Waals surface area contributed by atoms with Crippen LogP contribution < -0.4 is 0 Å². The molecule has 3 aliphatic rings. The van der Waals surface area contributed by atoms with Crippen LogP contribution in [-0.4, -0.2) is 76.2 Å². The first-order valence-electron chi connectivity index (χ1n) is 13.1. The van der Waals surface area contributed by atoms with E-state index in [0.717, 1.165) is 18.4 Å². The zero-order chi connectivity index (χ0) is 26.0. The summed E-state index contributed by atoms with van der Waals surface area (Å²) in [6.07, 6.45) is 4.00. The number of fused-ring (bicyclic) bond motifs is 1. The third kappa shape index (κ3) is 4.14. The Hall–Kier alpha value is -2.71. The van der Waals surface area contributed by atoms with Gasteiger partial charge < -0.3 is 24.4 Å². The monoisotopic (exact) mass is 498 g/mol. The summed E-state index contributed by atoms with van der Waals surface area (Å²) < 4.78 is 11.8. The average molecular weight is 499 g/mol. The number of carbonyl (C=O) groups excluding carboxylic acids is 3. The molecule has 2 amide bonds. The number of nitrogens with zero attached hydrogens (tertiary/aromatic N) is 2. The lowest BCUT2D eigenvalue weighted by Crippen LogP contribution is -2.58. The Labute approximate surface area is 213 Å². The van der Waals surface area contributed by atoms with E-state index in [1.165, 1.54) is 4.90 Å². The quantitative estimate of drug-likeness (QED) is 0.372. The van der Waals surface area contributed by atoms with Crippen molar-refractivity contribution in [3.63, 3.8) is 0 Å². The molecule has 1 aromatic carbocycles. The van der Waals surface area contributed by atoms with Gasteiger partial charge in [-0.2, -0.15) is 0 Å². The van der Waals surface area contributed by atoms with Crippen molar-refractivity contribution in [1.29, 1.82) is 0 Å². The van der Waals surface area contributed by atoms with Crippen molar-refractivity contribution in [2.45, 2.75) is 76.3 Å². The predicted molar refractivity (Wildman–Crippen MR) is 134 cm³/mol. The second-order valence-corrected chi connectivity index (χ2v) is 10.1. The maximum absolute atomic E-state index is 14.4. The summed E-state index contributed by atoms with van der Waals surface area (Å²) in [4.78, 5) is 44.9. The minimum Gasteiger partial charge on any atom is -0.466 e. The third-order valence-electron chi connectivity index (χ3n) is 8.07. The normalized spacial score (nSPS) is 30.1. The van der Waals surface area contributed by atoms with Crippen molar-refractivity contribution in [3.8, 4) is 0 Å². The zero-order valence-electron chi connectivity index (χ0n) is 21.5. The summed E-state index contributed by atoms with van der Waals surface area (Å²) in [5.74, 6) is -2.61. The number of likely N-dealkylation sites (tertiary alicyclic amines) is 1. The fourth-order valence-electron chi connectivity index (χ4n) is 6.60. The van der Waals surface area contributed by atoms with Gasteiger partial charge in [-0.1, -0.05) is 49.8 Å². The molecule has 8 heteroatoms. The maximum Gasteiger partial charge on any atom is 0.312 e. The van der Waals surface area contributed by atoms with Crippen LogP contribution >= 0.6 is 0 Å². The Kier molecular flexibility index (Phi) is 7.85. The summed E-state index contributed by atoms with van der Waals surface area (Å²) in [6.45, 7) is 9.81. The standard InChI is InChI=1S/C28H38N2O6/c1-5-11-18(4)29(16-6-2)26(33)24-28-15-14-21(36-28)22(27(34)35-7-3)23(28)25(32)30(24)20(17-31)19-12-9-8-10-13-19/h6,8-10,12-13,18,20-24,31H,2,5,7,11,14-17H2,1,3-4H3/t18?,20-,21-,22+,23+,24-,28+/m1/s1. The van der Waals surface area contributed by atoms with E-state index in [2.05, 4.69) is 13.5 Å². The molecule has 8 nitrogen and oxygen atoms in total. The molecular weight excluding hydrogens is 460 g/mol. The second kappa shape index (κ2) is 10.7. The van der Waals surface area contributed by atoms with Gasteiger partial charge >= 0.3 is 5.97 Å². The topological polar surface area (TPSA) is 96.4 Å². The second-order valence-electron chi connectivity index (χ2n) is 10.1. The smallest absolute Gasteiger partial charge is 0.312 e. The van der Waals surface area contributed by atoms with Gasteiger partial charge in [0.2, 0.25) is 11.8 Å². The van der Waals surface area contributed by atoms with Gasteiger partial charge in [-0.25, -0.2) is 0 Å². The largest absolute Gasteiger partial charge is 0.466 e. The summed E-state index contributed by atoms with van der Waals surface area (Å²) in [5, 5.41) is 10.5. The highest BCUT2D eigenvalue weighted by Gasteiger charge is 2.75. The van der Waals surface area contributed by atoms with Gasteiger partial charge in [0, 0.05) is 12.6 Å². The fourth-order valence-corrected chi connectivity index (χ4v) is 6.60. The van der Waals surface area contributed by atoms with E-state index in [1.807, 2.05) is 37.3 Å². The number of ether oxygens (including phenoxy) is 2. The lowest BCUT2D eigenvalue weighted by molar-refractivity contribution is -0.156. The molecular formula is C28H38N2O6. The minimum absolute atomic E-state index is 0.0725. The van der Waals surface area contributed by atoms with Crippen LogP contribution in [0.25, 0.3) is 0 Å². The van der Waals surface area contributed by atoms with E-state index < -0.39 is 41.6 Å². The van der Waals surface area contributed by atoms with Crippen LogP contribution in [0.1, 0.15) is 58.1 Å². The average Bonchev–Trinajstić information content (AvgIpc) is 3.51. The van der Waals surface area contributed by atoms with E-state index >= 15 is 0 Å². The first kappa shape index (κ1) is 26.4. The summed E-state index contributed by atoms with van der Waals surface area (Å²) in [5.41, 5.74) is -0.411. The molecule has 1 aromatic rings. The van der Waals surface area contributed by atoms with Gasteiger partial charge in [-0.3, -0.25) is 14.4 Å². The molecule has 3 aliphatic heterocycles. The Morgan fingerprint density at radius 1 is 1.33 bits per heavy atom. The first-order chi connectivity index (χ1) is 17.4. The molecule has 0 aromatic heterocycles. The summed E-state index contributed by atoms with van der Waals surface area (Å²) in [6, 6.07) is 7.43. The van der Waals surface area contributed by atoms with Crippen LogP contribution in [0.4, 0.5) is 0 Å². The molecule has 3 saturated heterocycles. The van der Waals surface area contributed by atoms with Crippen molar-refractivity contribution in [2.75, 3.05) is 19.8 Å². The van der Waals surface area contributed by atoms with Crippen LogP contribution in [0.2, 0.25) is 0 Å². The predicted octanol–water partition coefficient (Wildman–Crippen LogP) is 2.86. The van der Waals surface area contributed by atoms with Gasteiger partial charge in [0.15, 0.2) is 0 Å². The molecule has 196 valence electrons. The molecule has 0 saturated carbocycles. The molecule has 4 rings (SSSR count). The number of aliphatic hydroxyl groups excluding tert-OH is 1. The fraction of sp³-hybridized carbons (Fsp3) is 0.607. The number of hydrogen-bond acceptors (Lipinski definition) is 6. The zero-order valence-corrected chi connectivity index (χ0v) is 21.5. The van der Waals surface area contributed by atoms with Crippen molar-refractivity contribution >= 4 is 17.8 Å². The minimum atomic E-state index is -1.14. The van der Waals surface area contributed by atoms with Crippen LogP contribution in [0.5, 0.6) is 0 Å². The number of esters is 1. The third-order valence-corrected chi connectivity index (χ3v) is 8.07. The van der Waals surface area contributed by atoms with Crippen molar-refractivity contribution in [2.24, 2.45) is 11.8 Å². The maximum atomic E-state index is 14.4. The number of amides is 2. The van der Waals surface area contributed by atoms with Gasteiger partial charge in [-0.15, -0.1) is 6.58 Å². The Balaban J connectivity index is 1.83. The lowest BCUT2D eigenvalue weighted by Gasteiger charge is -2.41. The van der Waals surface area contributed by atoms with Gasteiger partial charge in [0.1, 0.15) is 11.6 Å². The molecule has 2 bridgehead atoms. The number of benzene rings is 1. The van der Waals surface area contributed by atoms with E-state index in [1.54, 1.807) is 17.9 Å². The Morgan fingerprint density at radius 3 is 2.67 bits per heavy atom. The molecule has 7 atom stereocenters. The highest BCUT2D eigenvalue weighted by molar-refractivity contribution is 5.98. The van der Waals surface area contributed by atoms with E-state index in [9.17, 15) is 19.5 Å². The Bertz CT molecular complexity index is 984. The molecule has 36 heavy (non-hydrogen) atoms. The number of hydrogen-bond donors (Lipinski definition) is 1. The van der Waals surface area contributed by atoms with Gasteiger partial charge in [-0.05, 0) is 38.7 Å². The number of rotatable bonds is 11. The van der Waals surface area contributed by atoms with Crippen molar-refractivity contribution in [3.05, 3.63) is 48.6 Å².